The number of anilines is 1. The Hall–Kier alpha value is -2.32. The minimum atomic E-state index is -0.183. The molecule has 0 spiro atoms. The molecule has 0 aliphatic heterocycles. The van der Waals surface area contributed by atoms with Crippen LogP contribution >= 0.6 is 11.3 Å². The Kier molecular flexibility index (Phi) is 6.19. The number of nitrogens with two attached hydrogens (primary N) is 2. The van der Waals surface area contributed by atoms with Crippen molar-refractivity contribution in [2.24, 2.45) is 5.73 Å². The van der Waals surface area contributed by atoms with Gasteiger partial charge in [0.25, 0.3) is 5.91 Å². The molecule has 1 amide bonds. The van der Waals surface area contributed by atoms with E-state index >= 15 is 0 Å². The number of aromatic nitrogens is 1. The van der Waals surface area contributed by atoms with Gasteiger partial charge >= 0.3 is 0 Å². The molecule has 8 heteroatoms. The predicted octanol–water partition coefficient (Wildman–Crippen LogP) is 1.04. The van der Waals surface area contributed by atoms with Crippen LogP contribution in [0.5, 0.6) is 11.5 Å². The van der Waals surface area contributed by atoms with Gasteiger partial charge in [-0.2, -0.15) is 0 Å². The quantitative estimate of drug-likeness (QED) is 0.664. The van der Waals surface area contributed by atoms with Crippen LogP contribution < -0.4 is 26.3 Å². The first kappa shape index (κ1) is 17.0. The number of nitrogens with one attached hydrogen (secondary N) is 1. The Morgan fingerprint density at radius 1 is 1.39 bits per heavy atom. The van der Waals surface area contributed by atoms with Crippen LogP contribution in [0.1, 0.15) is 16.1 Å². The summed E-state index contributed by atoms with van der Waals surface area (Å²) in [6, 6.07) is 5.02. The van der Waals surface area contributed by atoms with E-state index in [1.165, 1.54) is 18.4 Å². The standard InChI is InChI=1S/C15H20N4O3S/c1-21-13-8-10(2-3-12(13)22-7-5-16)14(20)18-6-4-11-9-23-15(17)19-11/h2-3,8-9H,4-7,16H2,1H3,(H2,17,19)(H,18,20). The van der Waals surface area contributed by atoms with Gasteiger partial charge in [-0.1, -0.05) is 0 Å². The topological polar surface area (TPSA) is 112 Å². The fraction of sp³-hybridized carbons (Fsp3) is 0.333. The summed E-state index contributed by atoms with van der Waals surface area (Å²) in [5.41, 5.74) is 12.3. The zero-order valence-electron chi connectivity index (χ0n) is 12.9. The number of nitrogens with zero attached hydrogens (tertiary/aromatic N) is 1. The minimum absolute atomic E-state index is 0.183. The number of rotatable bonds is 8. The molecule has 0 aliphatic rings. The highest BCUT2D eigenvalue weighted by Crippen LogP contribution is 2.27. The first-order valence-corrected chi connectivity index (χ1v) is 8.01. The normalized spacial score (nSPS) is 10.3. The smallest absolute Gasteiger partial charge is 0.251 e. The molecule has 0 unspecified atom stereocenters. The molecule has 23 heavy (non-hydrogen) atoms. The third kappa shape index (κ3) is 4.83. The predicted molar refractivity (Wildman–Crippen MR) is 90.1 cm³/mol. The van der Waals surface area contributed by atoms with Crippen molar-refractivity contribution in [2.45, 2.75) is 6.42 Å². The van der Waals surface area contributed by atoms with Crippen molar-refractivity contribution >= 4 is 22.4 Å². The van der Waals surface area contributed by atoms with Gasteiger partial charge < -0.3 is 26.3 Å². The average molecular weight is 336 g/mol. The number of benzene rings is 1. The van der Waals surface area contributed by atoms with Crippen LogP contribution in [0.2, 0.25) is 0 Å². The van der Waals surface area contributed by atoms with Gasteiger partial charge in [0.1, 0.15) is 6.61 Å². The molecule has 0 saturated carbocycles. The first-order valence-electron chi connectivity index (χ1n) is 7.13. The second-order valence-electron chi connectivity index (χ2n) is 4.69. The zero-order chi connectivity index (χ0) is 16.7. The van der Waals surface area contributed by atoms with Crippen molar-refractivity contribution in [3.05, 3.63) is 34.8 Å². The van der Waals surface area contributed by atoms with Gasteiger partial charge in [0.2, 0.25) is 0 Å². The molecular weight excluding hydrogens is 316 g/mol. The van der Waals surface area contributed by atoms with Crippen molar-refractivity contribution in [3.63, 3.8) is 0 Å². The van der Waals surface area contributed by atoms with E-state index in [0.717, 1.165) is 5.69 Å². The summed E-state index contributed by atoms with van der Waals surface area (Å²) < 4.78 is 10.7. The van der Waals surface area contributed by atoms with Gasteiger partial charge in [-0.25, -0.2) is 4.98 Å². The summed E-state index contributed by atoms with van der Waals surface area (Å²) in [7, 11) is 1.53. The van der Waals surface area contributed by atoms with E-state index < -0.39 is 0 Å². The highest BCUT2D eigenvalue weighted by Gasteiger charge is 2.11. The monoisotopic (exact) mass is 336 g/mol. The molecule has 0 bridgehead atoms. The lowest BCUT2D eigenvalue weighted by Gasteiger charge is -2.11. The van der Waals surface area contributed by atoms with Crippen LogP contribution in [0.25, 0.3) is 0 Å². The highest BCUT2D eigenvalue weighted by atomic mass is 32.1. The molecule has 0 fully saturated rings. The SMILES string of the molecule is COc1cc(C(=O)NCCc2csc(N)n2)ccc1OCCN. The minimum Gasteiger partial charge on any atom is -0.493 e. The number of carbonyl (C=O) groups excluding carboxylic acids is 1. The van der Waals surface area contributed by atoms with Gasteiger partial charge in [-0.3, -0.25) is 4.79 Å². The fourth-order valence-corrected chi connectivity index (χ4v) is 2.54. The van der Waals surface area contributed by atoms with Crippen LogP contribution in [0.4, 0.5) is 5.13 Å². The molecule has 7 nitrogen and oxygen atoms in total. The lowest BCUT2D eigenvalue weighted by Crippen LogP contribution is -2.25. The fourth-order valence-electron chi connectivity index (χ4n) is 1.94. The number of methoxy groups -OCH3 is 1. The number of ether oxygens (including phenoxy) is 2. The van der Waals surface area contributed by atoms with E-state index in [2.05, 4.69) is 10.3 Å². The molecule has 0 radical (unpaired) electrons. The molecule has 2 aromatic rings. The maximum Gasteiger partial charge on any atom is 0.251 e. The summed E-state index contributed by atoms with van der Waals surface area (Å²) >= 11 is 1.39. The van der Waals surface area contributed by atoms with Crippen LogP contribution in [-0.4, -0.2) is 37.7 Å². The first-order chi connectivity index (χ1) is 11.1. The molecule has 0 aliphatic carbocycles. The van der Waals surface area contributed by atoms with Gasteiger partial charge in [0.05, 0.1) is 12.8 Å². The Labute approximate surface area is 138 Å². The van der Waals surface area contributed by atoms with Gasteiger partial charge in [0, 0.05) is 30.5 Å². The summed E-state index contributed by atoms with van der Waals surface area (Å²) in [6.45, 7) is 1.28. The second-order valence-corrected chi connectivity index (χ2v) is 5.58. The number of hydrogen-bond donors (Lipinski definition) is 3. The molecule has 1 aromatic heterocycles. The third-order valence-corrected chi connectivity index (χ3v) is 3.76. The Balaban J connectivity index is 1.93. The molecule has 124 valence electrons. The van der Waals surface area contributed by atoms with Crippen molar-refractivity contribution < 1.29 is 14.3 Å². The van der Waals surface area contributed by atoms with Gasteiger partial charge in [-0.15, -0.1) is 11.3 Å². The second kappa shape index (κ2) is 8.35. The van der Waals surface area contributed by atoms with E-state index in [0.29, 0.717) is 48.3 Å². The Morgan fingerprint density at radius 2 is 2.22 bits per heavy atom. The average Bonchev–Trinajstić information content (AvgIpc) is 2.98. The lowest BCUT2D eigenvalue weighted by molar-refractivity contribution is 0.0953. The number of nitrogen functional groups attached to an aromatic ring is 1. The molecule has 1 aromatic carbocycles. The summed E-state index contributed by atoms with van der Waals surface area (Å²) in [5, 5.41) is 5.25. The van der Waals surface area contributed by atoms with Gasteiger partial charge in [-0.05, 0) is 18.2 Å². The molecule has 0 atom stereocenters. The number of carbonyl (C=O) groups is 1. The molecule has 0 saturated heterocycles. The molecule has 1 heterocycles. The van der Waals surface area contributed by atoms with E-state index in [9.17, 15) is 4.79 Å². The third-order valence-electron chi connectivity index (χ3n) is 3.04. The van der Waals surface area contributed by atoms with E-state index in [-0.39, 0.29) is 5.91 Å². The van der Waals surface area contributed by atoms with Gasteiger partial charge in [0.15, 0.2) is 16.6 Å². The van der Waals surface area contributed by atoms with Crippen LogP contribution in [0, 0.1) is 0 Å². The number of amides is 1. The molecule has 2 rings (SSSR count). The van der Waals surface area contributed by atoms with Crippen LogP contribution in [0.15, 0.2) is 23.6 Å². The zero-order valence-corrected chi connectivity index (χ0v) is 13.7. The van der Waals surface area contributed by atoms with E-state index in [1.54, 1.807) is 18.2 Å². The Bertz CT molecular complexity index is 660. The maximum absolute atomic E-state index is 12.2. The largest absolute Gasteiger partial charge is 0.493 e. The highest BCUT2D eigenvalue weighted by molar-refractivity contribution is 7.13. The maximum atomic E-state index is 12.2. The summed E-state index contributed by atoms with van der Waals surface area (Å²) in [4.78, 5) is 16.3. The number of hydrogen-bond acceptors (Lipinski definition) is 7. The molecule has 5 N–H and O–H groups in total. The number of thiazole rings is 1. The summed E-state index contributed by atoms with van der Waals surface area (Å²) in [6.07, 6.45) is 0.633. The van der Waals surface area contributed by atoms with Crippen molar-refractivity contribution in [1.29, 1.82) is 0 Å². The summed E-state index contributed by atoms with van der Waals surface area (Å²) in [5.74, 6) is 0.877. The Morgan fingerprint density at radius 3 is 2.87 bits per heavy atom. The van der Waals surface area contributed by atoms with E-state index in [4.69, 9.17) is 20.9 Å². The molecular formula is C15H20N4O3S. The lowest BCUT2D eigenvalue weighted by atomic mass is 10.2. The van der Waals surface area contributed by atoms with Crippen LogP contribution in [-0.2, 0) is 6.42 Å². The van der Waals surface area contributed by atoms with Crippen molar-refractivity contribution in [2.75, 3.05) is 32.5 Å². The van der Waals surface area contributed by atoms with Crippen LogP contribution in [0.3, 0.4) is 0 Å². The van der Waals surface area contributed by atoms with E-state index in [1.807, 2.05) is 5.38 Å². The van der Waals surface area contributed by atoms with Crippen molar-refractivity contribution in [1.82, 2.24) is 10.3 Å². The van der Waals surface area contributed by atoms with Crippen molar-refractivity contribution in [3.8, 4) is 11.5 Å².